The fourth-order valence-corrected chi connectivity index (χ4v) is 2.07. The van der Waals surface area contributed by atoms with Crippen molar-refractivity contribution in [2.45, 2.75) is 25.3 Å². The van der Waals surface area contributed by atoms with Crippen LogP contribution < -0.4 is 5.32 Å². The normalized spacial score (nSPS) is 20.3. The highest BCUT2D eigenvalue weighted by molar-refractivity contribution is 5.76. The first-order valence-corrected chi connectivity index (χ1v) is 5.77. The molecule has 1 aromatic rings. The number of furan rings is 1. The average molecular weight is 222 g/mol. The maximum Gasteiger partial charge on any atom is 0.223 e. The van der Waals surface area contributed by atoms with Gasteiger partial charge in [0, 0.05) is 32.0 Å². The van der Waals surface area contributed by atoms with E-state index < -0.39 is 0 Å². The van der Waals surface area contributed by atoms with E-state index in [-0.39, 0.29) is 5.91 Å². The van der Waals surface area contributed by atoms with E-state index in [0.717, 1.165) is 25.3 Å². The molecule has 0 bridgehead atoms. The number of likely N-dealkylation sites (tertiary alicyclic amines) is 1. The number of carbonyl (C=O) groups excluding carboxylic acids is 1. The second kappa shape index (κ2) is 5.16. The van der Waals surface area contributed by atoms with Crippen LogP contribution in [0.25, 0.3) is 0 Å². The van der Waals surface area contributed by atoms with Crippen molar-refractivity contribution < 1.29 is 9.21 Å². The molecule has 0 saturated carbocycles. The maximum atomic E-state index is 11.9. The van der Waals surface area contributed by atoms with Crippen molar-refractivity contribution in [3.63, 3.8) is 0 Å². The van der Waals surface area contributed by atoms with E-state index in [9.17, 15) is 4.79 Å². The summed E-state index contributed by atoms with van der Waals surface area (Å²) in [6.07, 6.45) is 3.95. The number of likely N-dealkylation sites (N-methyl/N-ethyl adjacent to an activating group) is 1. The summed E-state index contributed by atoms with van der Waals surface area (Å²) >= 11 is 0. The van der Waals surface area contributed by atoms with E-state index in [0.29, 0.717) is 18.9 Å². The number of hydrogen-bond acceptors (Lipinski definition) is 3. The summed E-state index contributed by atoms with van der Waals surface area (Å²) in [4.78, 5) is 13.8. The zero-order valence-electron chi connectivity index (χ0n) is 9.61. The quantitative estimate of drug-likeness (QED) is 0.827. The van der Waals surface area contributed by atoms with E-state index in [1.165, 1.54) is 0 Å². The van der Waals surface area contributed by atoms with Crippen LogP contribution in [-0.4, -0.2) is 37.0 Å². The number of nitrogens with zero attached hydrogens (tertiary/aromatic N) is 1. The molecule has 1 saturated heterocycles. The number of nitrogens with one attached hydrogen (secondary N) is 1. The van der Waals surface area contributed by atoms with Gasteiger partial charge in [-0.3, -0.25) is 4.79 Å². The van der Waals surface area contributed by atoms with Gasteiger partial charge in [0.1, 0.15) is 5.76 Å². The predicted octanol–water partition coefficient (Wildman–Crippen LogP) is 1.03. The maximum absolute atomic E-state index is 11.9. The Kier molecular flexibility index (Phi) is 3.62. The molecule has 0 aliphatic carbocycles. The Morgan fingerprint density at radius 1 is 1.69 bits per heavy atom. The van der Waals surface area contributed by atoms with Gasteiger partial charge in [-0.2, -0.15) is 0 Å². The molecule has 0 aromatic carbocycles. The second-order valence-corrected chi connectivity index (χ2v) is 4.19. The summed E-state index contributed by atoms with van der Waals surface area (Å²) in [6, 6.07) is 4.23. The van der Waals surface area contributed by atoms with Gasteiger partial charge in [0.2, 0.25) is 5.91 Å². The molecule has 88 valence electrons. The third-order valence-corrected chi connectivity index (χ3v) is 3.11. The Bertz CT molecular complexity index is 335. The Hall–Kier alpha value is -1.29. The van der Waals surface area contributed by atoms with Gasteiger partial charge in [-0.1, -0.05) is 0 Å². The molecule has 1 aliphatic heterocycles. The van der Waals surface area contributed by atoms with Gasteiger partial charge in [-0.15, -0.1) is 0 Å². The molecule has 2 rings (SSSR count). The number of amides is 1. The van der Waals surface area contributed by atoms with E-state index in [2.05, 4.69) is 5.32 Å². The minimum Gasteiger partial charge on any atom is -0.469 e. The van der Waals surface area contributed by atoms with Crippen molar-refractivity contribution in [1.29, 1.82) is 0 Å². The topological polar surface area (TPSA) is 45.5 Å². The lowest BCUT2D eigenvalue weighted by Gasteiger charge is -2.15. The predicted molar refractivity (Wildman–Crippen MR) is 61.1 cm³/mol. The van der Waals surface area contributed by atoms with E-state index >= 15 is 0 Å². The van der Waals surface area contributed by atoms with Crippen LogP contribution >= 0.6 is 0 Å². The van der Waals surface area contributed by atoms with Crippen LogP contribution in [0.15, 0.2) is 22.8 Å². The van der Waals surface area contributed by atoms with Crippen molar-refractivity contribution >= 4 is 5.91 Å². The summed E-state index contributed by atoms with van der Waals surface area (Å²) in [5, 5.41) is 3.21. The Morgan fingerprint density at radius 3 is 3.19 bits per heavy atom. The fraction of sp³-hybridized carbons (Fsp3) is 0.583. The summed E-state index contributed by atoms with van der Waals surface area (Å²) < 4.78 is 5.21. The van der Waals surface area contributed by atoms with Gasteiger partial charge >= 0.3 is 0 Å². The first-order valence-electron chi connectivity index (χ1n) is 5.77. The Balaban J connectivity index is 1.76. The smallest absolute Gasteiger partial charge is 0.223 e. The van der Waals surface area contributed by atoms with E-state index in [4.69, 9.17) is 4.42 Å². The zero-order valence-corrected chi connectivity index (χ0v) is 9.61. The minimum atomic E-state index is 0.231. The molecular formula is C12H18N2O2. The zero-order chi connectivity index (χ0) is 11.4. The third kappa shape index (κ3) is 2.64. The molecule has 4 heteroatoms. The summed E-state index contributed by atoms with van der Waals surface area (Å²) in [7, 11) is 1.95. The van der Waals surface area contributed by atoms with Crippen molar-refractivity contribution in [2.75, 3.05) is 20.1 Å². The van der Waals surface area contributed by atoms with Crippen LogP contribution in [0.5, 0.6) is 0 Å². The van der Waals surface area contributed by atoms with E-state index in [1.807, 2.05) is 24.1 Å². The molecule has 0 spiro atoms. The number of aryl methyl sites for hydroxylation is 1. The lowest BCUT2D eigenvalue weighted by atomic mass is 10.2. The highest BCUT2D eigenvalue weighted by Crippen LogP contribution is 2.12. The molecule has 1 aromatic heterocycles. The van der Waals surface area contributed by atoms with Crippen LogP contribution in [0, 0.1) is 0 Å². The van der Waals surface area contributed by atoms with Gasteiger partial charge < -0.3 is 14.6 Å². The molecule has 1 unspecified atom stereocenters. The second-order valence-electron chi connectivity index (χ2n) is 4.19. The molecule has 1 atom stereocenters. The van der Waals surface area contributed by atoms with Crippen molar-refractivity contribution in [2.24, 2.45) is 0 Å². The summed E-state index contributed by atoms with van der Waals surface area (Å²) in [5.41, 5.74) is 0. The lowest BCUT2D eigenvalue weighted by Crippen LogP contribution is -2.33. The standard InChI is InChI=1S/C12H18N2O2/c1-13-10-6-7-14(9-10)12(15)5-4-11-3-2-8-16-11/h2-3,8,10,13H,4-7,9H2,1H3. The lowest BCUT2D eigenvalue weighted by molar-refractivity contribution is -0.130. The number of rotatable bonds is 4. The number of carbonyl (C=O) groups is 1. The minimum absolute atomic E-state index is 0.231. The van der Waals surface area contributed by atoms with Gasteiger partial charge in [0.05, 0.1) is 6.26 Å². The Labute approximate surface area is 95.6 Å². The van der Waals surface area contributed by atoms with Crippen molar-refractivity contribution in [1.82, 2.24) is 10.2 Å². The van der Waals surface area contributed by atoms with E-state index in [1.54, 1.807) is 6.26 Å². The first-order chi connectivity index (χ1) is 7.79. The van der Waals surface area contributed by atoms with Crippen LogP contribution in [0.2, 0.25) is 0 Å². The summed E-state index contributed by atoms with van der Waals surface area (Å²) in [6.45, 7) is 1.72. The molecular weight excluding hydrogens is 204 g/mol. The van der Waals surface area contributed by atoms with Crippen molar-refractivity contribution in [3.05, 3.63) is 24.2 Å². The average Bonchev–Trinajstić information content (AvgIpc) is 2.96. The van der Waals surface area contributed by atoms with Gasteiger partial charge in [-0.25, -0.2) is 0 Å². The van der Waals surface area contributed by atoms with Crippen LogP contribution in [-0.2, 0) is 11.2 Å². The van der Waals surface area contributed by atoms with Crippen molar-refractivity contribution in [3.8, 4) is 0 Å². The SMILES string of the molecule is CNC1CCN(C(=O)CCc2ccco2)C1. The first kappa shape index (κ1) is 11.2. The van der Waals surface area contributed by atoms with Crippen LogP contribution in [0.3, 0.4) is 0 Å². The monoisotopic (exact) mass is 222 g/mol. The molecule has 1 N–H and O–H groups in total. The molecule has 4 nitrogen and oxygen atoms in total. The molecule has 1 amide bonds. The van der Waals surface area contributed by atoms with Crippen LogP contribution in [0.1, 0.15) is 18.6 Å². The Morgan fingerprint density at radius 2 is 2.56 bits per heavy atom. The van der Waals surface area contributed by atoms with Gasteiger partial charge in [0.25, 0.3) is 0 Å². The molecule has 2 heterocycles. The largest absolute Gasteiger partial charge is 0.469 e. The van der Waals surface area contributed by atoms with Gasteiger partial charge in [-0.05, 0) is 25.6 Å². The van der Waals surface area contributed by atoms with Crippen LogP contribution in [0.4, 0.5) is 0 Å². The molecule has 0 radical (unpaired) electrons. The number of hydrogen-bond donors (Lipinski definition) is 1. The molecule has 1 aliphatic rings. The molecule has 16 heavy (non-hydrogen) atoms. The highest BCUT2D eigenvalue weighted by Gasteiger charge is 2.24. The molecule has 1 fully saturated rings. The third-order valence-electron chi connectivity index (χ3n) is 3.11. The highest BCUT2D eigenvalue weighted by atomic mass is 16.3. The fourth-order valence-electron chi connectivity index (χ4n) is 2.07. The van der Waals surface area contributed by atoms with Gasteiger partial charge in [0.15, 0.2) is 0 Å². The summed E-state index contributed by atoms with van der Waals surface area (Å²) in [5.74, 6) is 1.12.